The van der Waals surface area contributed by atoms with E-state index in [0.29, 0.717) is 18.0 Å². The number of hydrogen-bond donors (Lipinski definition) is 1. The molecule has 1 N–H and O–H groups in total. The zero-order valence-electron chi connectivity index (χ0n) is 12.9. The highest BCUT2D eigenvalue weighted by Crippen LogP contribution is 2.17. The smallest absolute Gasteiger partial charge is 0.297 e. The van der Waals surface area contributed by atoms with E-state index in [0.717, 1.165) is 38.4 Å². The molecule has 5 heteroatoms. The normalized spacial score (nSPS) is 19.5. The lowest BCUT2D eigenvalue weighted by Gasteiger charge is -2.26. The number of likely N-dealkylation sites (N-methyl/N-ethyl adjacent to an activating group) is 1. The molecule has 2 rings (SSSR count). The fourth-order valence-electron chi connectivity index (χ4n) is 2.38. The summed E-state index contributed by atoms with van der Waals surface area (Å²) in [6.45, 7) is 7.87. The van der Waals surface area contributed by atoms with E-state index in [-0.39, 0.29) is 0 Å². The maximum absolute atomic E-state index is 5.74. The van der Waals surface area contributed by atoms with Gasteiger partial charge in [0.1, 0.15) is 6.26 Å². The molecule has 1 atom stereocenters. The Balaban J connectivity index is 1.78. The summed E-state index contributed by atoms with van der Waals surface area (Å²) in [5, 5.41) is 3.37. The lowest BCUT2D eigenvalue weighted by Crippen LogP contribution is -2.33. The molecule has 1 aliphatic rings. The maximum Gasteiger partial charge on any atom is 0.297 e. The highest BCUT2D eigenvalue weighted by Gasteiger charge is 2.18. The van der Waals surface area contributed by atoms with Crippen molar-refractivity contribution in [1.82, 2.24) is 10.3 Å². The predicted molar refractivity (Wildman–Crippen MR) is 79.9 cm³/mol. The largest absolute Gasteiger partial charge is 0.432 e. The molecule has 0 spiro atoms. The molecule has 1 fully saturated rings. The molecule has 0 saturated carbocycles. The van der Waals surface area contributed by atoms with Crippen LogP contribution in [0.1, 0.15) is 38.8 Å². The first kappa shape index (κ1) is 15.3. The molecule has 2 heterocycles. The van der Waals surface area contributed by atoms with Gasteiger partial charge in [0.15, 0.2) is 0 Å². The van der Waals surface area contributed by atoms with Gasteiger partial charge in [-0.15, -0.1) is 0 Å². The van der Waals surface area contributed by atoms with Crippen LogP contribution in [-0.2, 0) is 11.3 Å². The Morgan fingerprint density at radius 2 is 2.30 bits per heavy atom. The molecular weight excluding hydrogens is 254 g/mol. The standard InChI is InChI=1S/C15H27N3O2/c1-12(2)8-16-9-13-11-20-15(17-13)18(3)10-14-6-4-5-7-19-14/h11-12,14,16H,4-10H2,1-3H3. The van der Waals surface area contributed by atoms with Gasteiger partial charge in [0.05, 0.1) is 11.8 Å². The summed E-state index contributed by atoms with van der Waals surface area (Å²) in [6.07, 6.45) is 5.62. The van der Waals surface area contributed by atoms with Gasteiger partial charge in [-0.05, 0) is 31.7 Å². The van der Waals surface area contributed by atoms with Gasteiger partial charge < -0.3 is 19.4 Å². The average Bonchev–Trinajstić information content (AvgIpc) is 2.88. The first-order chi connectivity index (χ1) is 9.65. The molecule has 114 valence electrons. The van der Waals surface area contributed by atoms with Crippen molar-refractivity contribution >= 4 is 6.01 Å². The third-order valence-corrected chi connectivity index (χ3v) is 3.48. The second-order valence-electron chi connectivity index (χ2n) is 6.02. The summed E-state index contributed by atoms with van der Waals surface area (Å²) >= 11 is 0. The Labute approximate surface area is 121 Å². The molecule has 20 heavy (non-hydrogen) atoms. The molecule has 0 bridgehead atoms. The number of ether oxygens (including phenoxy) is 1. The van der Waals surface area contributed by atoms with Gasteiger partial charge in [-0.3, -0.25) is 0 Å². The Morgan fingerprint density at radius 3 is 3.00 bits per heavy atom. The van der Waals surface area contributed by atoms with Gasteiger partial charge in [-0.25, -0.2) is 0 Å². The molecule has 0 amide bonds. The second-order valence-corrected chi connectivity index (χ2v) is 6.02. The van der Waals surface area contributed by atoms with Crippen LogP contribution in [0, 0.1) is 5.92 Å². The lowest BCUT2D eigenvalue weighted by atomic mass is 10.1. The van der Waals surface area contributed by atoms with Crippen LogP contribution in [-0.4, -0.2) is 37.8 Å². The number of nitrogens with zero attached hydrogens (tertiary/aromatic N) is 2. The van der Waals surface area contributed by atoms with Crippen LogP contribution in [0.3, 0.4) is 0 Å². The highest BCUT2D eigenvalue weighted by atomic mass is 16.5. The summed E-state index contributed by atoms with van der Waals surface area (Å²) in [5.74, 6) is 0.646. The number of nitrogens with one attached hydrogen (secondary N) is 1. The SMILES string of the molecule is CC(C)CNCc1coc(N(C)CC2CCCCO2)n1. The van der Waals surface area contributed by atoms with Crippen molar-refractivity contribution in [1.29, 1.82) is 0 Å². The first-order valence-corrected chi connectivity index (χ1v) is 7.63. The second kappa shape index (κ2) is 7.64. The van der Waals surface area contributed by atoms with Crippen molar-refractivity contribution in [2.45, 2.75) is 45.8 Å². The average molecular weight is 281 g/mol. The minimum absolute atomic E-state index is 0.308. The summed E-state index contributed by atoms with van der Waals surface area (Å²) in [4.78, 5) is 6.56. The van der Waals surface area contributed by atoms with E-state index in [1.807, 2.05) is 11.9 Å². The number of oxazole rings is 1. The van der Waals surface area contributed by atoms with Crippen LogP contribution < -0.4 is 10.2 Å². The van der Waals surface area contributed by atoms with Gasteiger partial charge in [-0.2, -0.15) is 4.98 Å². The third-order valence-electron chi connectivity index (χ3n) is 3.48. The topological polar surface area (TPSA) is 50.5 Å². The molecular formula is C15H27N3O2. The van der Waals surface area contributed by atoms with E-state index in [1.165, 1.54) is 12.8 Å². The van der Waals surface area contributed by atoms with E-state index in [2.05, 4.69) is 24.1 Å². The molecule has 1 aliphatic heterocycles. The highest BCUT2D eigenvalue weighted by molar-refractivity contribution is 5.25. The van der Waals surface area contributed by atoms with Gasteiger partial charge in [0.25, 0.3) is 6.01 Å². The molecule has 1 unspecified atom stereocenters. The van der Waals surface area contributed by atoms with E-state index >= 15 is 0 Å². The lowest BCUT2D eigenvalue weighted by molar-refractivity contribution is 0.0211. The molecule has 5 nitrogen and oxygen atoms in total. The molecule has 0 aromatic carbocycles. The number of anilines is 1. The number of rotatable bonds is 7. The Kier molecular flexibility index (Phi) is 5.86. The maximum atomic E-state index is 5.74. The van der Waals surface area contributed by atoms with E-state index in [1.54, 1.807) is 6.26 Å². The first-order valence-electron chi connectivity index (χ1n) is 7.63. The Morgan fingerprint density at radius 1 is 1.45 bits per heavy atom. The number of aromatic nitrogens is 1. The molecule has 0 radical (unpaired) electrons. The quantitative estimate of drug-likeness (QED) is 0.832. The molecule has 1 aromatic rings. The van der Waals surface area contributed by atoms with Crippen molar-refractivity contribution < 1.29 is 9.15 Å². The zero-order chi connectivity index (χ0) is 14.4. The molecule has 1 saturated heterocycles. The van der Waals surface area contributed by atoms with Crippen LogP contribution >= 0.6 is 0 Å². The summed E-state index contributed by atoms with van der Waals surface area (Å²) < 4.78 is 11.3. The van der Waals surface area contributed by atoms with Crippen molar-refractivity contribution in [2.75, 3.05) is 31.6 Å². The predicted octanol–water partition coefficient (Wildman–Crippen LogP) is 2.43. The summed E-state index contributed by atoms with van der Waals surface area (Å²) in [5.41, 5.74) is 0.956. The minimum atomic E-state index is 0.308. The fraction of sp³-hybridized carbons (Fsp3) is 0.800. The van der Waals surface area contributed by atoms with Crippen molar-refractivity contribution in [3.8, 4) is 0 Å². The molecule has 1 aromatic heterocycles. The van der Waals surface area contributed by atoms with E-state index in [4.69, 9.17) is 9.15 Å². The van der Waals surface area contributed by atoms with Crippen LogP contribution in [0.5, 0.6) is 0 Å². The van der Waals surface area contributed by atoms with Crippen LogP contribution in [0.15, 0.2) is 10.7 Å². The summed E-state index contributed by atoms with van der Waals surface area (Å²) in [7, 11) is 2.01. The summed E-state index contributed by atoms with van der Waals surface area (Å²) in [6, 6.07) is 0.681. The van der Waals surface area contributed by atoms with Gasteiger partial charge >= 0.3 is 0 Å². The van der Waals surface area contributed by atoms with Crippen molar-refractivity contribution in [3.05, 3.63) is 12.0 Å². The fourth-order valence-corrected chi connectivity index (χ4v) is 2.38. The van der Waals surface area contributed by atoms with Gasteiger partial charge in [0, 0.05) is 26.7 Å². The van der Waals surface area contributed by atoms with E-state index in [9.17, 15) is 0 Å². The minimum Gasteiger partial charge on any atom is -0.432 e. The van der Waals surface area contributed by atoms with Crippen LogP contribution in [0.2, 0.25) is 0 Å². The monoisotopic (exact) mass is 281 g/mol. The van der Waals surface area contributed by atoms with Gasteiger partial charge in [0.2, 0.25) is 0 Å². The molecule has 0 aliphatic carbocycles. The van der Waals surface area contributed by atoms with Gasteiger partial charge in [-0.1, -0.05) is 13.8 Å². The zero-order valence-corrected chi connectivity index (χ0v) is 12.9. The van der Waals surface area contributed by atoms with Crippen LogP contribution in [0.25, 0.3) is 0 Å². The van der Waals surface area contributed by atoms with Crippen molar-refractivity contribution in [3.63, 3.8) is 0 Å². The van der Waals surface area contributed by atoms with Crippen LogP contribution in [0.4, 0.5) is 6.01 Å². The number of hydrogen-bond acceptors (Lipinski definition) is 5. The van der Waals surface area contributed by atoms with E-state index < -0.39 is 0 Å². The third kappa shape index (κ3) is 4.80. The Bertz CT molecular complexity index is 386. The Hall–Kier alpha value is -1.07. The van der Waals surface area contributed by atoms with Crippen molar-refractivity contribution in [2.24, 2.45) is 5.92 Å².